The van der Waals surface area contributed by atoms with Gasteiger partial charge in [-0.15, -0.1) is 0 Å². The standard InChI is InChI=1S/C19H27N3OS/c1-2-23-16-8-9-17-18(14-16)24-19(20-17)22-12-10-21(11-13-22)15-6-4-3-5-7-15/h8-9,14-15H,2-7,10-13H2,1H3. The lowest BCUT2D eigenvalue weighted by atomic mass is 9.94. The number of benzene rings is 1. The Morgan fingerprint density at radius 1 is 1.12 bits per heavy atom. The Hall–Kier alpha value is -1.33. The summed E-state index contributed by atoms with van der Waals surface area (Å²) in [4.78, 5) is 10.0. The average Bonchev–Trinajstić information content (AvgIpc) is 3.06. The summed E-state index contributed by atoms with van der Waals surface area (Å²) < 4.78 is 6.84. The van der Waals surface area contributed by atoms with Crippen LogP contribution in [0.1, 0.15) is 39.0 Å². The molecule has 0 radical (unpaired) electrons. The van der Waals surface area contributed by atoms with E-state index in [1.54, 1.807) is 11.3 Å². The van der Waals surface area contributed by atoms with Gasteiger partial charge >= 0.3 is 0 Å². The molecule has 1 saturated heterocycles. The van der Waals surface area contributed by atoms with Crippen molar-refractivity contribution in [2.75, 3.05) is 37.7 Å². The number of fused-ring (bicyclic) bond motifs is 1. The molecule has 5 heteroatoms. The van der Waals surface area contributed by atoms with Crippen molar-refractivity contribution in [3.05, 3.63) is 18.2 Å². The molecule has 0 amide bonds. The van der Waals surface area contributed by atoms with Gasteiger partial charge in [0.1, 0.15) is 5.75 Å². The molecule has 0 atom stereocenters. The summed E-state index contributed by atoms with van der Waals surface area (Å²) in [5, 5.41) is 1.17. The Morgan fingerprint density at radius 3 is 2.67 bits per heavy atom. The summed E-state index contributed by atoms with van der Waals surface area (Å²) in [6.45, 7) is 7.31. The lowest BCUT2D eigenvalue weighted by Gasteiger charge is -2.40. The first-order valence-electron chi connectivity index (χ1n) is 9.36. The molecule has 1 aromatic heterocycles. The molecule has 2 aliphatic rings. The molecule has 4 rings (SSSR count). The molecular formula is C19H27N3OS. The first-order chi connectivity index (χ1) is 11.8. The minimum Gasteiger partial charge on any atom is -0.494 e. The van der Waals surface area contributed by atoms with Crippen molar-refractivity contribution >= 4 is 26.7 Å². The second kappa shape index (κ2) is 7.28. The molecule has 1 saturated carbocycles. The number of thiazole rings is 1. The molecule has 24 heavy (non-hydrogen) atoms. The number of ether oxygens (including phenoxy) is 1. The molecule has 130 valence electrons. The highest BCUT2D eigenvalue weighted by molar-refractivity contribution is 7.22. The number of hydrogen-bond donors (Lipinski definition) is 0. The normalized spacial score (nSPS) is 20.6. The van der Waals surface area contributed by atoms with Gasteiger partial charge in [-0.1, -0.05) is 30.6 Å². The molecule has 1 aliphatic carbocycles. The highest BCUT2D eigenvalue weighted by Gasteiger charge is 2.26. The topological polar surface area (TPSA) is 28.6 Å². The van der Waals surface area contributed by atoms with Crippen molar-refractivity contribution in [1.82, 2.24) is 9.88 Å². The van der Waals surface area contributed by atoms with E-state index in [-0.39, 0.29) is 0 Å². The first-order valence-corrected chi connectivity index (χ1v) is 10.2. The van der Waals surface area contributed by atoms with E-state index < -0.39 is 0 Å². The van der Waals surface area contributed by atoms with Gasteiger partial charge in [-0.25, -0.2) is 4.98 Å². The van der Waals surface area contributed by atoms with Crippen LogP contribution in [0, 0.1) is 0 Å². The van der Waals surface area contributed by atoms with Crippen molar-refractivity contribution in [1.29, 1.82) is 0 Å². The largest absolute Gasteiger partial charge is 0.494 e. The summed E-state index contributed by atoms with van der Waals surface area (Å²) in [7, 11) is 0. The monoisotopic (exact) mass is 345 g/mol. The van der Waals surface area contributed by atoms with E-state index in [1.807, 2.05) is 13.0 Å². The van der Waals surface area contributed by atoms with Gasteiger partial charge in [0.05, 0.1) is 16.8 Å². The molecule has 1 aromatic carbocycles. The highest BCUT2D eigenvalue weighted by atomic mass is 32.1. The van der Waals surface area contributed by atoms with Gasteiger partial charge < -0.3 is 9.64 Å². The highest BCUT2D eigenvalue weighted by Crippen LogP contribution is 2.32. The van der Waals surface area contributed by atoms with Crippen LogP contribution in [-0.4, -0.2) is 48.7 Å². The van der Waals surface area contributed by atoms with Gasteiger partial charge in [0.2, 0.25) is 0 Å². The Morgan fingerprint density at radius 2 is 1.92 bits per heavy atom. The second-order valence-corrected chi connectivity index (χ2v) is 7.88. The third-order valence-electron chi connectivity index (χ3n) is 5.34. The molecule has 2 heterocycles. The molecule has 2 fully saturated rings. The maximum atomic E-state index is 5.61. The number of aromatic nitrogens is 1. The Balaban J connectivity index is 1.42. The van der Waals surface area contributed by atoms with E-state index in [0.29, 0.717) is 6.61 Å². The van der Waals surface area contributed by atoms with Gasteiger partial charge in [-0.05, 0) is 38.0 Å². The minimum atomic E-state index is 0.709. The second-order valence-electron chi connectivity index (χ2n) is 6.87. The predicted molar refractivity (Wildman–Crippen MR) is 101 cm³/mol. The quantitative estimate of drug-likeness (QED) is 0.832. The van der Waals surface area contributed by atoms with Crippen molar-refractivity contribution < 1.29 is 4.74 Å². The number of piperazine rings is 1. The zero-order valence-corrected chi connectivity index (χ0v) is 15.4. The van der Waals surface area contributed by atoms with Gasteiger partial charge in [-0.3, -0.25) is 4.90 Å². The van der Waals surface area contributed by atoms with E-state index in [0.717, 1.165) is 30.4 Å². The molecule has 0 spiro atoms. The molecule has 0 bridgehead atoms. The van der Waals surface area contributed by atoms with Gasteiger partial charge in [0, 0.05) is 32.2 Å². The van der Waals surface area contributed by atoms with E-state index in [2.05, 4.69) is 21.9 Å². The van der Waals surface area contributed by atoms with E-state index in [1.165, 1.54) is 55.0 Å². The van der Waals surface area contributed by atoms with Crippen LogP contribution >= 0.6 is 11.3 Å². The summed E-state index contributed by atoms with van der Waals surface area (Å²) >= 11 is 1.80. The van der Waals surface area contributed by atoms with Crippen LogP contribution in [0.4, 0.5) is 5.13 Å². The van der Waals surface area contributed by atoms with E-state index in [9.17, 15) is 0 Å². The summed E-state index contributed by atoms with van der Waals surface area (Å²) in [6.07, 6.45) is 7.09. The Labute approximate surface area is 148 Å². The third kappa shape index (κ3) is 3.38. The van der Waals surface area contributed by atoms with Gasteiger partial charge in [0.15, 0.2) is 5.13 Å². The van der Waals surface area contributed by atoms with Crippen LogP contribution in [0.15, 0.2) is 18.2 Å². The van der Waals surface area contributed by atoms with Gasteiger partial charge in [0.25, 0.3) is 0 Å². The van der Waals surface area contributed by atoms with Crippen LogP contribution in [-0.2, 0) is 0 Å². The zero-order chi connectivity index (χ0) is 16.4. The van der Waals surface area contributed by atoms with Crippen molar-refractivity contribution in [2.24, 2.45) is 0 Å². The molecular weight excluding hydrogens is 318 g/mol. The van der Waals surface area contributed by atoms with Crippen LogP contribution in [0.2, 0.25) is 0 Å². The SMILES string of the molecule is CCOc1ccc2nc(N3CCN(C4CCCCC4)CC3)sc2c1. The fraction of sp³-hybridized carbons (Fsp3) is 0.632. The number of anilines is 1. The van der Waals surface area contributed by atoms with Crippen LogP contribution < -0.4 is 9.64 Å². The average molecular weight is 346 g/mol. The molecule has 0 unspecified atom stereocenters. The minimum absolute atomic E-state index is 0.709. The van der Waals surface area contributed by atoms with Crippen LogP contribution in [0.5, 0.6) is 5.75 Å². The van der Waals surface area contributed by atoms with Gasteiger partial charge in [-0.2, -0.15) is 0 Å². The summed E-state index contributed by atoms with van der Waals surface area (Å²) in [5.74, 6) is 0.947. The Bertz CT molecular complexity index is 672. The Kier molecular flexibility index (Phi) is 4.90. The van der Waals surface area contributed by atoms with Crippen LogP contribution in [0.3, 0.4) is 0 Å². The molecule has 4 nitrogen and oxygen atoms in total. The van der Waals surface area contributed by atoms with Crippen molar-refractivity contribution in [3.63, 3.8) is 0 Å². The molecule has 2 aromatic rings. The molecule has 1 aliphatic heterocycles. The number of hydrogen-bond acceptors (Lipinski definition) is 5. The lowest BCUT2D eigenvalue weighted by Crippen LogP contribution is -2.50. The smallest absolute Gasteiger partial charge is 0.186 e. The zero-order valence-electron chi connectivity index (χ0n) is 14.5. The van der Waals surface area contributed by atoms with Crippen LogP contribution in [0.25, 0.3) is 10.2 Å². The summed E-state index contributed by atoms with van der Waals surface area (Å²) in [5.41, 5.74) is 1.09. The van der Waals surface area contributed by atoms with E-state index >= 15 is 0 Å². The van der Waals surface area contributed by atoms with E-state index in [4.69, 9.17) is 9.72 Å². The number of nitrogens with zero attached hydrogens (tertiary/aromatic N) is 3. The lowest BCUT2D eigenvalue weighted by molar-refractivity contribution is 0.148. The maximum Gasteiger partial charge on any atom is 0.186 e. The van der Waals surface area contributed by atoms with Crippen molar-refractivity contribution in [2.45, 2.75) is 45.1 Å². The fourth-order valence-corrected chi connectivity index (χ4v) is 5.05. The molecule has 0 N–H and O–H groups in total. The predicted octanol–water partition coefficient (Wildman–Crippen LogP) is 4.15. The summed E-state index contributed by atoms with van der Waals surface area (Å²) in [6, 6.07) is 7.07. The fourth-order valence-electron chi connectivity index (χ4n) is 4.01. The third-order valence-corrected chi connectivity index (χ3v) is 6.41. The maximum absolute atomic E-state index is 5.61. The number of rotatable bonds is 4. The first kappa shape index (κ1) is 16.2. The van der Waals surface area contributed by atoms with Crippen molar-refractivity contribution in [3.8, 4) is 5.75 Å².